The molecule has 5 nitrogen and oxygen atoms in total. The van der Waals surface area contributed by atoms with Gasteiger partial charge in [-0.15, -0.1) is 0 Å². The average molecular weight is 293 g/mol. The lowest BCUT2D eigenvalue weighted by Crippen LogP contribution is -2.45. The van der Waals surface area contributed by atoms with Crippen molar-refractivity contribution in [3.8, 4) is 11.5 Å². The highest BCUT2D eigenvalue weighted by atomic mass is 16.5. The Balaban J connectivity index is 1.98. The number of hydrogen-bond acceptors (Lipinski definition) is 4. The Labute approximate surface area is 124 Å². The number of aromatic hydroxyl groups is 1. The molecule has 1 saturated carbocycles. The third kappa shape index (κ3) is 3.88. The van der Waals surface area contributed by atoms with Crippen LogP contribution in [0.4, 0.5) is 0 Å². The molecule has 21 heavy (non-hydrogen) atoms. The van der Waals surface area contributed by atoms with Crippen molar-refractivity contribution < 1.29 is 19.7 Å². The number of nitrogens with one attached hydrogen (secondary N) is 1. The summed E-state index contributed by atoms with van der Waals surface area (Å²) in [5.41, 5.74) is -0.654. The molecule has 1 aromatic rings. The van der Waals surface area contributed by atoms with Gasteiger partial charge in [0.2, 0.25) is 0 Å². The Kier molecular flexibility index (Phi) is 4.73. The molecule has 0 aliphatic heterocycles. The zero-order valence-electron chi connectivity index (χ0n) is 12.6. The third-order valence-electron chi connectivity index (χ3n) is 4.10. The van der Waals surface area contributed by atoms with Gasteiger partial charge in [-0.05, 0) is 30.9 Å². The van der Waals surface area contributed by atoms with E-state index >= 15 is 0 Å². The number of carbonyl (C=O) groups excluding carboxylic acids is 1. The van der Waals surface area contributed by atoms with Crippen molar-refractivity contribution >= 4 is 5.91 Å². The summed E-state index contributed by atoms with van der Waals surface area (Å²) in [6.45, 7) is 2.32. The van der Waals surface area contributed by atoms with Gasteiger partial charge in [0.1, 0.15) is 11.5 Å². The molecule has 116 valence electrons. The van der Waals surface area contributed by atoms with Crippen LogP contribution in [-0.2, 0) is 0 Å². The summed E-state index contributed by atoms with van der Waals surface area (Å²) >= 11 is 0. The van der Waals surface area contributed by atoms with Crippen molar-refractivity contribution in [1.82, 2.24) is 5.32 Å². The van der Waals surface area contributed by atoms with Crippen LogP contribution >= 0.6 is 0 Å². The Hall–Kier alpha value is -1.75. The number of carbonyl (C=O) groups is 1. The first-order valence-corrected chi connectivity index (χ1v) is 7.31. The average Bonchev–Trinajstić information content (AvgIpc) is 2.44. The molecule has 1 aromatic carbocycles. The second-order valence-electron chi connectivity index (χ2n) is 5.99. The molecular formula is C16H23NO4. The van der Waals surface area contributed by atoms with E-state index in [-0.39, 0.29) is 23.8 Å². The zero-order valence-corrected chi connectivity index (χ0v) is 12.6. The van der Waals surface area contributed by atoms with Crippen LogP contribution in [0.3, 0.4) is 0 Å². The number of benzene rings is 1. The lowest BCUT2D eigenvalue weighted by atomic mass is 9.79. The molecule has 5 heteroatoms. The third-order valence-corrected chi connectivity index (χ3v) is 4.10. The minimum atomic E-state index is -0.838. The van der Waals surface area contributed by atoms with Crippen molar-refractivity contribution in [3.63, 3.8) is 0 Å². The first kappa shape index (κ1) is 15.6. The van der Waals surface area contributed by atoms with Crippen LogP contribution in [-0.4, -0.2) is 35.4 Å². The fourth-order valence-corrected chi connectivity index (χ4v) is 2.96. The van der Waals surface area contributed by atoms with E-state index in [0.29, 0.717) is 24.5 Å². The molecule has 1 fully saturated rings. The molecule has 0 heterocycles. The SMILES string of the molecule is COc1ccc(C(=O)NCC2(O)CCCC(C)C2)c(O)c1. The lowest BCUT2D eigenvalue weighted by molar-refractivity contribution is -0.0109. The van der Waals surface area contributed by atoms with Gasteiger partial charge in [-0.3, -0.25) is 4.79 Å². The van der Waals surface area contributed by atoms with Gasteiger partial charge in [0.05, 0.1) is 18.3 Å². The van der Waals surface area contributed by atoms with E-state index in [4.69, 9.17) is 4.74 Å². The van der Waals surface area contributed by atoms with E-state index in [1.165, 1.54) is 19.2 Å². The van der Waals surface area contributed by atoms with Gasteiger partial charge < -0.3 is 20.3 Å². The lowest BCUT2D eigenvalue weighted by Gasteiger charge is -2.35. The summed E-state index contributed by atoms with van der Waals surface area (Å²) in [6.07, 6.45) is 3.49. The molecule has 3 N–H and O–H groups in total. The molecule has 0 saturated heterocycles. The molecular weight excluding hydrogens is 270 g/mol. The van der Waals surface area contributed by atoms with Crippen LogP contribution in [0.2, 0.25) is 0 Å². The van der Waals surface area contributed by atoms with Crippen LogP contribution < -0.4 is 10.1 Å². The first-order valence-electron chi connectivity index (χ1n) is 7.31. The van der Waals surface area contributed by atoms with Crippen LogP contribution in [0.5, 0.6) is 11.5 Å². The zero-order chi connectivity index (χ0) is 15.5. The number of methoxy groups -OCH3 is 1. The summed E-state index contributed by atoms with van der Waals surface area (Å²) in [4.78, 5) is 12.1. The summed E-state index contributed by atoms with van der Waals surface area (Å²) in [7, 11) is 1.49. The molecule has 1 aliphatic rings. The van der Waals surface area contributed by atoms with Crippen LogP contribution in [0, 0.1) is 5.92 Å². The maximum Gasteiger partial charge on any atom is 0.255 e. The van der Waals surface area contributed by atoms with Gasteiger partial charge in [-0.2, -0.15) is 0 Å². The summed E-state index contributed by atoms with van der Waals surface area (Å²) in [5, 5.41) is 23.0. The summed E-state index contributed by atoms with van der Waals surface area (Å²) in [5.74, 6) is 0.441. The van der Waals surface area contributed by atoms with Crippen LogP contribution in [0.25, 0.3) is 0 Å². The minimum absolute atomic E-state index is 0.129. The smallest absolute Gasteiger partial charge is 0.255 e. The van der Waals surface area contributed by atoms with Gasteiger partial charge in [-0.1, -0.05) is 19.8 Å². The van der Waals surface area contributed by atoms with Crippen molar-refractivity contribution in [2.24, 2.45) is 5.92 Å². The van der Waals surface area contributed by atoms with Crippen molar-refractivity contribution in [1.29, 1.82) is 0 Å². The van der Waals surface area contributed by atoms with Gasteiger partial charge in [-0.25, -0.2) is 0 Å². The highest BCUT2D eigenvalue weighted by Gasteiger charge is 2.33. The standard InChI is InChI=1S/C16H23NO4/c1-11-4-3-7-16(20,9-11)10-17-15(19)13-6-5-12(21-2)8-14(13)18/h5-6,8,11,18,20H,3-4,7,9-10H2,1-2H3,(H,17,19). The summed E-state index contributed by atoms with van der Waals surface area (Å²) in [6, 6.07) is 4.52. The molecule has 1 amide bonds. The highest BCUT2D eigenvalue weighted by Crippen LogP contribution is 2.32. The Bertz CT molecular complexity index is 517. The predicted molar refractivity (Wildman–Crippen MR) is 79.6 cm³/mol. The van der Waals surface area contributed by atoms with Crippen molar-refractivity contribution in [3.05, 3.63) is 23.8 Å². The summed E-state index contributed by atoms with van der Waals surface area (Å²) < 4.78 is 4.98. The van der Waals surface area contributed by atoms with Gasteiger partial charge in [0, 0.05) is 12.6 Å². The quantitative estimate of drug-likeness (QED) is 0.794. The highest BCUT2D eigenvalue weighted by molar-refractivity contribution is 5.97. The van der Waals surface area contributed by atoms with Crippen LogP contribution in [0.1, 0.15) is 43.0 Å². The van der Waals surface area contributed by atoms with E-state index in [2.05, 4.69) is 12.2 Å². The second kappa shape index (κ2) is 6.35. The number of amides is 1. The molecule has 0 aromatic heterocycles. The van der Waals surface area contributed by atoms with Gasteiger partial charge >= 0.3 is 0 Å². The first-order chi connectivity index (χ1) is 9.93. The van der Waals surface area contributed by atoms with E-state index in [1.54, 1.807) is 6.07 Å². The number of aliphatic hydroxyl groups is 1. The van der Waals surface area contributed by atoms with Crippen molar-refractivity contribution in [2.75, 3.05) is 13.7 Å². The number of phenols is 1. The number of rotatable bonds is 4. The van der Waals surface area contributed by atoms with Crippen molar-refractivity contribution in [2.45, 2.75) is 38.2 Å². The Morgan fingerprint density at radius 1 is 1.52 bits per heavy atom. The monoisotopic (exact) mass is 293 g/mol. The molecule has 0 radical (unpaired) electrons. The van der Waals surface area contributed by atoms with E-state index < -0.39 is 5.60 Å². The minimum Gasteiger partial charge on any atom is -0.507 e. The molecule has 0 spiro atoms. The van der Waals surface area contributed by atoms with Gasteiger partial charge in [0.25, 0.3) is 5.91 Å². The Morgan fingerprint density at radius 2 is 2.29 bits per heavy atom. The van der Waals surface area contributed by atoms with E-state index in [9.17, 15) is 15.0 Å². The maximum atomic E-state index is 12.1. The number of hydrogen-bond donors (Lipinski definition) is 3. The topological polar surface area (TPSA) is 78.8 Å². The molecule has 1 aliphatic carbocycles. The maximum absolute atomic E-state index is 12.1. The normalized spacial score (nSPS) is 25.4. The van der Waals surface area contributed by atoms with E-state index in [1.807, 2.05) is 0 Å². The molecule has 2 rings (SSSR count). The molecule has 0 bridgehead atoms. The number of phenolic OH excluding ortho intramolecular Hbond substituents is 1. The molecule has 2 unspecified atom stereocenters. The Morgan fingerprint density at radius 3 is 2.90 bits per heavy atom. The predicted octanol–water partition coefficient (Wildman–Crippen LogP) is 2.07. The number of ether oxygens (including phenoxy) is 1. The fourth-order valence-electron chi connectivity index (χ4n) is 2.96. The fraction of sp³-hybridized carbons (Fsp3) is 0.562. The van der Waals surface area contributed by atoms with E-state index in [0.717, 1.165) is 12.8 Å². The second-order valence-corrected chi connectivity index (χ2v) is 5.99. The largest absolute Gasteiger partial charge is 0.507 e. The van der Waals surface area contributed by atoms with Gasteiger partial charge in [0.15, 0.2) is 0 Å². The van der Waals surface area contributed by atoms with Crippen LogP contribution in [0.15, 0.2) is 18.2 Å². The molecule has 2 atom stereocenters.